The van der Waals surface area contributed by atoms with E-state index in [1.165, 1.54) is 37.5 Å². The fraction of sp³-hybridized carbons (Fsp3) is 0.360. The van der Waals surface area contributed by atoms with Crippen LogP contribution in [0.4, 0.5) is 15.8 Å². The first-order valence-corrected chi connectivity index (χ1v) is 11.1. The third kappa shape index (κ3) is 5.34. The smallest absolute Gasteiger partial charge is 0.267 e. The molecule has 4 rings (SSSR count). The van der Waals surface area contributed by atoms with Gasteiger partial charge in [-0.1, -0.05) is 18.6 Å². The molecule has 0 radical (unpaired) electrons. The Bertz CT molecular complexity index is 1000. The molecule has 1 fully saturated rings. The fourth-order valence-electron chi connectivity index (χ4n) is 4.07. The zero-order valence-electron chi connectivity index (χ0n) is 18.2. The highest BCUT2D eigenvalue weighted by atomic mass is 19.1. The molecule has 168 valence electrons. The van der Waals surface area contributed by atoms with Crippen molar-refractivity contribution in [1.82, 2.24) is 4.90 Å². The van der Waals surface area contributed by atoms with Gasteiger partial charge in [-0.3, -0.25) is 9.59 Å². The van der Waals surface area contributed by atoms with E-state index in [1.807, 2.05) is 0 Å². The molecular formula is C25H28FN3O3. The van der Waals surface area contributed by atoms with Crippen LogP contribution in [0.1, 0.15) is 31.7 Å². The molecular weight excluding hydrogens is 409 g/mol. The Labute approximate surface area is 187 Å². The molecule has 1 unspecified atom stereocenters. The molecule has 1 N–H and O–H groups in total. The summed E-state index contributed by atoms with van der Waals surface area (Å²) in [4.78, 5) is 29.4. The SMILES string of the molecule is CC1Oc2ccc(NC(=O)/C=C/c3ccc(F)cc3)cc2N(CCN2CCCCC2)C1=O. The number of carbonyl (C=O) groups is 2. The molecule has 2 amide bonds. The lowest BCUT2D eigenvalue weighted by Crippen LogP contribution is -2.48. The van der Waals surface area contributed by atoms with Gasteiger partial charge in [0.2, 0.25) is 5.91 Å². The van der Waals surface area contributed by atoms with Crippen LogP contribution in [0, 0.1) is 5.82 Å². The Kier molecular flexibility index (Phi) is 6.85. The number of hydrogen-bond donors (Lipinski definition) is 1. The molecule has 0 aliphatic carbocycles. The summed E-state index contributed by atoms with van der Waals surface area (Å²) < 4.78 is 18.8. The Morgan fingerprint density at radius 1 is 1.12 bits per heavy atom. The molecule has 2 aliphatic heterocycles. The fourth-order valence-corrected chi connectivity index (χ4v) is 4.07. The maximum absolute atomic E-state index is 13.0. The topological polar surface area (TPSA) is 61.9 Å². The molecule has 2 aliphatic rings. The van der Waals surface area contributed by atoms with E-state index < -0.39 is 6.10 Å². The van der Waals surface area contributed by atoms with E-state index in [4.69, 9.17) is 4.74 Å². The van der Waals surface area contributed by atoms with Crippen molar-refractivity contribution in [3.05, 3.63) is 59.9 Å². The number of carbonyl (C=O) groups excluding carboxylic acids is 2. The Balaban J connectivity index is 1.46. The van der Waals surface area contributed by atoms with Gasteiger partial charge in [0.05, 0.1) is 5.69 Å². The van der Waals surface area contributed by atoms with Crippen molar-refractivity contribution < 1.29 is 18.7 Å². The Morgan fingerprint density at radius 2 is 1.88 bits per heavy atom. The van der Waals surface area contributed by atoms with Crippen molar-refractivity contribution >= 4 is 29.3 Å². The number of ether oxygens (including phenoxy) is 1. The quantitative estimate of drug-likeness (QED) is 0.692. The molecule has 32 heavy (non-hydrogen) atoms. The van der Waals surface area contributed by atoms with E-state index in [-0.39, 0.29) is 17.6 Å². The van der Waals surface area contributed by atoms with Crippen molar-refractivity contribution in [2.45, 2.75) is 32.3 Å². The highest BCUT2D eigenvalue weighted by Crippen LogP contribution is 2.36. The minimum Gasteiger partial charge on any atom is -0.479 e. The van der Waals surface area contributed by atoms with Crippen molar-refractivity contribution in [3.8, 4) is 5.75 Å². The summed E-state index contributed by atoms with van der Waals surface area (Å²) in [5.41, 5.74) is 1.97. The van der Waals surface area contributed by atoms with Gasteiger partial charge in [-0.2, -0.15) is 0 Å². The number of hydrogen-bond acceptors (Lipinski definition) is 4. The number of likely N-dealkylation sites (tertiary alicyclic amines) is 1. The normalized spacial score (nSPS) is 19.0. The summed E-state index contributed by atoms with van der Waals surface area (Å²) >= 11 is 0. The van der Waals surface area contributed by atoms with Gasteiger partial charge in [0.15, 0.2) is 6.10 Å². The van der Waals surface area contributed by atoms with Crippen molar-refractivity contribution in [1.29, 1.82) is 0 Å². The van der Waals surface area contributed by atoms with Gasteiger partial charge in [-0.15, -0.1) is 0 Å². The lowest BCUT2D eigenvalue weighted by Gasteiger charge is -2.35. The zero-order valence-corrected chi connectivity index (χ0v) is 18.2. The van der Waals surface area contributed by atoms with Gasteiger partial charge >= 0.3 is 0 Å². The second kappa shape index (κ2) is 9.96. The van der Waals surface area contributed by atoms with Crippen LogP contribution in [0.2, 0.25) is 0 Å². The first-order valence-electron chi connectivity index (χ1n) is 11.1. The average molecular weight is 438 g/mol. The van der Waals surface area contributed by atoms with Gasteiger partial charge in [0.25, 0.3) is 5.91 Å². The highest BCUT2D eigenvalue weighted by Gasteiger charge is 2.32. The largest absolute Gasteiger partial charge is 0.479 e. The number of rotatable bonds is 6. The van der Waals surface area contributed by atoms with Crippen molar-refractivity contribution in [2.75, 3.05) is 36.4 Å². The molecule has 7 heteroatoms. The van der Waals surface area contributed by atoms with E-state index in [0.717, 1.165) is 25.2 Å². The number of halogens is 1. The Morgan fingerprint density at radius 3 is 2.62 bits per heavy atom. The lowest BCUT2D eigenvalue weighted by molar-refractivity contribution is -0.125. The number of nitrogens with zero attached hydrogens (tertiary/aromatic N) is 2. The molecule has 0 bridgehead atoms. The van der Waals surface area contributed by atoms with Gasteiger partial charge in [0, 0.05) is 24.9 Å². The molecule has 2 heterocycles. The van der Waals surface area contributed by atoms with E-state index in [1.54, 1.807) is 48.2 Å². The van der Waals surface area contributed by atoms with Crippen LogP contribution >= 0.6 is 0 Å². The molecule has 1 saturated heterocycles. The standard InChI is InChI=1S/C25H28FN3O3/c1-18-25(31)29(16-15-28-13-3-2-4-14-28)22-17-21(10-11-23(22)32-18)27-24(30)12-7-19-5-8-20(26)9-6-19/h5-12,17-18H,2-4,13-16H2,1H3,(H,27,30)/b12-7+. The van der Waals surface area contributed by atoms with Crippen LogP contribution < -0.4 is 15.0 Å². The summed E-state index contributed by atoms with van der Waals surface area (Å²) in [5, 5.41) is 2.82. The molecule has 2 aromatic carbocycles. The maximum Gasteiger partial charge on any atom is 0.267 e. The van der Waals surface area contributed by atoms with Crippen LogP contribution in [-0.2, 0) is 9.59 Å². The average Bonchev–Trinajstić information content (AvgIpc) is 2.80. The van der Waals surface area contributed by atoms with Crippen LogP contribution in [-0.4, -0.2) is 49.0 Å². The third-order valence-electron chi connectivity index (χ3n) is 5.82. The first kappa shape index (κ1) is 22.0. The summed E-state index contributed by atoms with van der Waals surface area (Å²) in [6, 6.07) is 11.2. The second-order valence-corrected chi connectivity index (χ2v) is 8.21. The van der Waals surface area contributed by atoms with Gasteiger partial charge in [-0.05, 0) is 74.8 Å². The Hall–Kier alpha value is -3.19. The number of nitrogens with one attached hydrogen (secondary N) is 1. The van der Waals surface area contributed by atoms with E-state index in [0.29, 0.717) is 23.7 Å². The predicted octanol–water partition coefficient (Wildman–Crippen LogP) is 4.08. The van der Waals surface area contributed by atoms with E-state index in [9.17, 15) is 14.0 Å². The number of anilines is 2. The molecule has 0 aromatic heterocycles. The van der Waals surface area contributed by atoms with Gasteiger partial charge in [0.1, 0.15) is 11.6 Å². The summed E-state index contributed by atoms with van der Waals surface area (Å²) in [5.74, 6) is -0.0769. The first-order chi connectivity index (χ1) is 15.5. The summed E-state index contributed by atoms with van der Waals surface area (Å²) in [6.45, 7) is 5.29. The number of amides is 2. The molecule has 1 atom stereocenters. The minimum atomic E-state index is -0.539. The van der Waals surface area contributed by atoms with E-state index in [2.05, 4.69) is 10.2 Å². The van der Waals surface area contributed by atoms with E-state index >= 15 is 0 Å². The molecule has 2 aromatic rings. The summed E-state index contributed by atoms with van der Waals surface area (Å²) in [6.07, 6.45) is 6.14. The number of piperidine rings is 1. The van der Waals surface area contributed by atoms with Crippen molar-refractivity contribution in [3.63, 3.8) is 0 Å². The number of fused-ring (bicyclic) bond motifs is 1. The maximum atomic E-state index is 13.0. The predicted molar refractivity (Wildman–Crippen MR) is 123 cm³/mol. The number of benzene rings is 2. The molecule has 0 spiro atoms. The zero-order chi connectivity index (χ0) is 22.5. The molecule has 6 nitrogen and oxygen atoms in total. The third-order valence-corrected chi connectivity index (χ3v) is 5.82. The monoisotopic (exact) mass is 437 g/mol. The minimum absolute atomic E-state index is 0.0748. The molecule has 0 saturated carbocycles. The van der Waals surface area contributed by atoms with Gasteiger partial charge in [-0.25, -0.2) is 4.39 Å². The lowest BCUT2D eigenvalue weighted by atomic mass is 10.1. The van der Waals surface area contributed by atoms with Crippen LogP contribution in [0.15, 0.2) is 48.5 Å². The van der Waals surface area contributed by atoms with Crippen LogP contribution in [0.3, 0.4) is 0 Å². The highest BCUT2D eigenvalue weighted by molar-refractivity contribution is 6.04. The van der Waals surface area contributed by atoms with Crippen LogP contribution in [0.25, 0.3) is 6.08 Å². The van der Waals surface area contributed by atoms with Gasteiger partial charge < -0.3 is 19.9 Å². The summed E-state index contributed by atoms with van der Waals surface area (Å²) in [7, 11) is 0. The second-order valence-electron chi connectivity index (χ2n) is 8.21. The van der Waals surface area contributed by atoms with Crippen LogP contribution in [0.5, 0.6) is 5.75 Å². The van der Waals surface area contributed by atoms with Crippen molar-refractivity contribution in [2.24, 2.45) is 0 Å².